The summed E-state index contributed by atoms with van der Waals surface area (Å²) in [7, 11) is 0. The van der Waals surface area contributed by atoms with Crippen molar-refractivity contribution < 1.29 is 0 Å². The molecule has 16 heavy (non-hydrogen) atoms. The number of anilines is 1. The number of aryl methyl sites for hydroxylation is 1. The molecule has 0 unspecified atom stereocenters. The van der Waals surface area contributed by atoms with Gasteiger partial charge in [0.25, 0.3) is 0 Å². The van der Waals surface area contributed by atoms with Gasteiger partial charge in [0.15, 0.2) is 0 Å². The minimum absolute atomic E-state index is 0.713. The Balaban J connectivity index is 2.35. The van der Waals surface area contributed by atoms with Crippen LogP contribution in [0.3, 0.4) is 0 Å². The molecule has 0 spiro atoms. The lowest BCUT2D eigenvalue weighted by molar-refractivity contribution is 1.08. The standard InChI is InChI=1S/C11H10BrN3S/c1-7-4-6-15-11(9(7)13)16-10-8(12)3-2-5-14-10/h2-6H,13H2,1H3. The summed E-state index contributed by atoms with van der Waals surface area (Å²) < 4.78 is 0.947. The smallest absolute Gasteiger partial charge is 0.125 e. The van der Waals surface area contributed by atoms with Crippen LogP contribution in [0.15, 0.2) is 45.1 Å². The Morgan fingerprint density at radius 1 is 1.19 bits per heavy atom. The van der Waals surface area contributed by atoms with Gasteiger partial charge in [-0.15, -0.1) is 0 Å². The number of pyridine rings is 2. The molecule has 2 heterocycles. The number of hydrogen-bond acceptors (Lipinski definition) is 4. The van der Waals surface area contributed by atoms with Crippen molar-refractivity contribution in [3.05, 3.63) is 40.6 Å². The number of aromatic nitrogens is 2. The van der Waals surface area contributed by atoms with Crippen molar-refractivity contribution in [2.75, 3.05) is 5.73 Å². The molecule has 0 aliphatic rings. The van der Waals surface area contributed by atoms with E-state index in [-0.39, 0.29) is 0 Å². The van der Waals surface area contributed by atoms with Crippen LogP contribution < -0.4 is 5.73 Å². The van der Waals surface area contributed by atoms with Crippen molar-refractivity contribution in [3.63, 3.8) is 0 Å². The fourth-order valence-corrected chi connectivity index (χ4v) is 2.51. The van der Waals surface area contributed by atoms with Gasteiger partial charge in [0.2, 0.25) is 0 Å². The quantitative estimate of drug-likeness (QED) is 0.924. The zero-order chi connectivity index (χ0) is 11.5. The number of nitrogens with zero attached hydrogens (tertiary/aromatic N) is 2. The van der Waals surface area contributed by atoms with E-state index in [4.69, 9.17) is 5.73 Å². The van der Waals surface area contributed by atoms with Crippen molar-refractivity contribution in [1.29, 1.82) is 0 Å². The maximum atomic E-state index is 5.95. The molecule has 82 valence electrons. The van der Waals surface area contributed by atoms with Crippen LogP contribution in [0.2, 0.25) is 0 Å². The molecule has 0 aliphatic carbocycles. The number of nitrogen functional groups attached to an aromatic ring is 1. The monoisotopic (exact) mass is 295 g/mol. The van der Waals surface area contributed by atoms with Crippen molar-refractivity contribution >= 4 is 33.4 Å². The van der Waals surface area contributed by atoms with Gasteiger partial charge in [-0.2, -0.15) is 0 Å². The molecule has 0 amide bonds. The van der Waals surface area contributed by atoms with Crippen LogP contribution in [-0.2, 0) is 0 Å². The normalized spacial score (nSPS) is 10.4. The predicted molar refractivity (Wildman–Crippen MR) is 69.4 cm³/mol. The van der Waals surface area contributed by atoms with Crippen LogP contribution in [0.25, 0.3) is 0 Å². The van der Waals surface area contributed by atoms with Gasteiger partial charge in [0, 0.05) is 12.4 Å². The summed E-state index contributed by atoms with van der Waals surface area (Å²) in [5, 5.41) is 1.66. The zero-order valence-electron chi connectivity index (χ0n) is 8.64. The fraction of sp³-hybridized carbons (Fsp3) is 0.0909. The molecule has 5 heteroatoms. The van der Waals surface area contributed by atoms with Crippen molar-refractivity contribution in [1.82, 2.24) is 9.97 Å². The van der Waals surface area contributed by atoms with E-state index in [0.29, 0.717) is 5.69 Å². The second-order valence-corrected chi connectivity index (χ2v) is 5.07. The molecule has 2 rings (SSSR count). The predicted octanol–water partition coefficient (Wildman–Crippen LogP) is 3.28. The first-order valence-electron chi connectivity index (χ1n) is 4.68. The van der Waals surface area contributed by atoms with Crippen LogP contribution in [0.5, 0.6) is 0 Å². The molecular formula is C11H10BrN3S. The van der Waals surface area contributed by atoms with Crippen LogP contribution in [0.4, 0.5) is 5.69 Å². The summed E-state index contributed by atoms with van der Waals surface area (Å²) in [4.78, 5) is 8.52. The number of halogens is 1. The third kappa shape index (κ3) is 2.36. The Morgan fingerprint density at radius 2 is 1.94 bits per heavy atom. The lowest BCUT2D eigenvalue weighted by atomic mass is 10.3. The summed E-state index contributed by atoms with van der Waals surface area (Å²) in [6, 6.07) is 5.72. The third-order valence-corrected chi connectivity index (χ3v) is 4.03. The van der Waals surface area contributed by atoms with Gasteiger partial charge in [-0.1, -0.05) is 0 Å². The topological polar surface area (TPSA) is 51.8 Å². The van der Waals surface area contributed by atoms with E-state index in [9.17, 15) is 0 Å². The van der Waals surface area contributed by atoms with Crippen molar-refractivity contribution in [2.24, 2.45) is 0 Å². The van der Waals surface area contributed by atoms with E-state index in [1.54, 1.807) is 12.4 Å². The Morgan fingerprint density at radius 3 is 2.69 bits per heavy atom. The molecular weight excluding hydrogens is 286 g/mol. The molecule has 0 radical (unpaired) electrons. The molecule has 0 fully saturated rings. The Bertz CT molecular complexity index is 516. The summed E-state index contributed by atoms with van der Waals surface area (Å²) in [5.74, 6) is 0. The first-order valence-corrected chi connectivity index (χ1v) is 6.29. The average molecular weight is 296 g/mol. The van der Waals surface area contributed by atoms with Crippen LogP contribution in [0, 0.1) is 6.92 Å². The molecule has 0 saturated carbocycles. The Hall–Kier alpha value is -1.07. The number of rotatable bonds is 2. The maximum Gasteiger partial charge on any atom is 0.125 e. The molecule has 0 saturated heterocycles. The van der Waals surface area contributed by atoms with Crippen LogP contribution in [0.1, 0.15) is 5.56 Å². The summed E-state index contributed by atoms with van der Waals surface area (Å²) in [6.45, 7) is 1.97. The second-order valence-electron chi connectivity index (χ2n) is 3.24. The van der Waals surface area contributed by atoms with E-state index in [1.165, 1.54) is 11.8 Å². The SMILES string of the molecule is Cc1ccnc(Sc2ncccc2Br)c1N. The number of nitrogens with two attached hydrogens (primary N) is 1. The lowest BCUT2D eigenvalue weighted by Gasteiger charge is -2.06. The first kappa shape index (κ1) is 11.4. The minimum atomic E-state index is 0.713. The van der Waals surface area contributed by atoms with Gasteiger partial charge in [-0.05, 0) is 58.4 Å². The lowest BCUT2D eigenvalue weighted by Crippen LogP contribution is -1.95. The van der Waals surface area contributed by atoms with Gasteiger partial charge >= 0.3 is 0 Å². The molecule has 0 atom stereocenters. The zero-order valence-corrected chi connectivity index (χ0v) is 11.0. The van der Waals surface area contributed by atoms with Crippen LogP contribution in [-0.4, -0.2) is 9.97 Å². The third-order valence-electron chi connectivity index (χ3n) is 2.09. The van der Waals surface area contributed by atoms with Gasteiger partial charge in [0.1, 0.15) is 10.1 Å². The fourth-order valence-electron chi connectivity index (χ4n) is 1.16. The Kier molecular flexibility index (Phi) is 3.46. The first-order chi connectivity index (χ1) is 7.68. The van der Waals surface area contributed by atoms with E-state index in [0.717, 1.165) is 20.1 Å². The number of hydrogen-bond donors (Lipinski definition) is 1. The molecule has 0 aromatic carbocycles. The Labute approximate surface area is 107 Å². The molecule has 2 aromatic rings. The van der Waals surface area contributed by atoms with Gasteiger partial charge in [-0.25, -0.2) is 9.97 Å². The van der Waals surface area contributed by atoms with Crippen molar-refractivity contribution in [2.45, 2.75) is 17.0 Å². The second kappa shape index (κ2) is 4.84. The van der Waals surface area contributed by atoms with E-state index in [2.05, 4.69) is 25.9 Å². The van der Waals surface area contributed by atoms with E-state index < -0.39 is 0 Å². The molecule has 0 aliphatic heterocycles. The molecule has 2 N–H and O–H groups in total. The molecule has 2 aromatic heterocycles. The van der Waals surface area contributed by atoms with Crippen LogP contribution >= 0.6 is 27.7 Å². The van der Waals surface area contributed by atoms with Crippen molar-refractivity contribution in [3.8, 4) is 0 Å². The summed E-state index contributed by atoms with van der Waals surface area (Å²) in [5.41, 5.74) is 7.70. The highest BCUT2D eigenvalue weighted by Crippen LogP contribution is 2.34. The minimum Gasteiger partial charge on any atom is -0.396 e. The highest BCUT2D eigenvalue weighted by Gasteiger charge is 2.08. The maximum absolute atomic E-state index is 5.95. The van der Waals surface area contributed by atoms with E-state index in [1.807, 2.05) is 25.1 Å². The van der Waals surface area contributed by atoms with Gasteiger partial charge in [-0.3, -0.25) is 0 Å². The van der Waals surface area contributed by atoms with E-state index >= 15 is 0 Å². The summed E-state index contributed by atoms with van der Waals surface area (Å²) in [6.07, 6.45) is 3.50. The largest absolute Gasteiger partial charge is 0.396 e. The highest BCUT2D eigenvalue weighted by molar-refractivity contribution is 9.10. The van der Waals surface area contributed by atoms with Gasteiger partial charge < -0.3 is 5.73 Å². The molecule has 3 nitrogen and oxygen atoms in total. The molecule has 0 bridgehead atoms. The average Bonchev–Trinajstić information content (AvgIpc) is 2.28. The van der Waals surface area contributed by atoms with Gasteiger partial charge in [0.05, 0.1) is 10.2 Å². The highest BCUT2D eigenvalue weighted by atomic mass is 79.9. The summed E-state index contributed by atoms with van der Waals surface area (Å²) >= 11 is 4.91.